The minimum atomic E-state index is -4.16. The van der Waals surface area contributed by atoms with E-state index in [4.69, 9.17) is 11.6 Å². The number of amides is 2. The summed E-state index contributed by atoms with van der Waals surface area (Å²) < 4.78 is 29.9. The van der Waals surface area contributed by atoms with E-state index in [2.05, 4.69) is 21.2 Å². The average Bonchev–Trinajstić information content (AvgIpc) is 3.03. The van der Waals surface area contributed by atoms with Crippen LogP contribution in [0.3, 0.4) is 0 Å². The predicted molar refractivity (Wildman–Crippen MR) is 179 cm³/mol. The van der Waals surface area contributed by atoms with Crippen LogP contribution < -0.4 is 9.62 Å². The molecular formula is C34H35BrClN3O4S. The molecule has 0 bridgehead atoms. The Bertz CT molecular complexity index is 1640. The number of hydrogen-bond acceptors (Lipinski definition) is 4. The van der Waals surface area contributed by atoms with Crippen LogP contribution in [-0.2, 0) is 32.6 Å². The number of hydrogen-bond donors (Lipinski definition) is 1. The molecule has 0 aliphatic heterocycles. The van der Waals surface area contributed by atoms with E-state index < -0.39 is 28.5 Å². The lowest BCUT2D eigenvalue weighted by atomic mass is 10.0. The van der Waals surface area contributed by atoms with Crippen LogP contribution in [0.25, 0.3) is 0 Å². The van der Waals surface area contributed by atoms with E-state index in [0.29, 0.717) is 22.8 Å². The van der Waals surface area contributed by atoms with Crippen LogP contribution in [0.15, 0.2) is 119 Å². The van der Waals surface area contributed by atoms with Gasteiger partial charge in [-0.05, 0) is 60.0 Å². The maximum Gasteiger partial charge on any atom is 0.264 e. The minimum absolute atomic E-state index is 0.0107. The summed E-state index contributed by atoms with van der Waals surface area (Å²) in [5.41, 5.74) is 1.82. The highest BCUT2D eigenvalue weighted by Gasteiger charge is 2.34. The number of anilines is 1. The van der Waals surface area contributed by atoms with Crippen molar-refractivity contribution in [3.63, 3.8) is 0 Å². The fourth-order valence-corrected chi connectivity index (χ4v) is 6.62. The summed E-state index contributed by atoms with van der Waals surface area (Å²) in [5, 5.41) is 3.43. The Hall–Kier alpha value is -3.66. The van der Waals surface area contributed by atoms with Gasteiger partial charge in [-0.3, -0.25) is 13.9 Å². The molecular weight excluding hydrogens is 662 g/mol. The first-order valence-corrected chi connectivity index (χ1v) is 17.0. The zero-order chi connectivity index (χ0) is 31.5. The molecule has 7 nitrogen and oxygen atoms in total. The molecule has 10 heteroatoms. The third-order valence-corrected chi connectivity index (χ3v) is 9.81. The zero-order valence-electron chi connectivity index (χ0n) is 24.4. The first-order chi connectivity index (χ1) is 21.2. The molecule has 4 aromatic rings. The van der Waals surface area contributed by atoms with E-state index in [1.54, 1.807) is 60.7 Å². The molecule has 0 saturated carbocycles. The number of rotatable bonds is 14. The van der Waals surface area contributed by atoms with Gasteiger partial charge in [0.15, 0.2) is 0 Å². The summed E-state index contributed by atoms with van der Waals surface area (Å²) in [6.45, 7) is 1.97. The highest BCUT2D eigenvalue weighted by molar-refractivity contribution is 9.10. The Morgan fingerprint density at radius 2 is 1.48 bits per heavy atom. The molecule has 0 aliphatic carbocycles. The lowest BCUT2D eigenvalue weighted by Crippen LogP contribution is -2.53. The highest BCUT2D eigenvalue weighted by Crippen LogP contribution is 2.27. The predicted octanol–water partition coefficient (Wildman–Crippen LogP) is 6.85. The summed E-state index contributed by atoms with van der Waals surface area (Å²) in [6.07, 6.45) is 1.92. The van der Waals surface area contributed by atoms with Crippen molar-refractivity contribution in [1.82, 2.24) is 10.2 Å². The number of unbranched alkanes of at least 4 members (excludes halogenated alkanes) is 1. The van der Waals surface area contributed by atoms with Crippen molar-refractivity contribution >= 4 is 55.1 Å². The van der Waals surface area contributed by atoms with Gasteiger partial charge < -0.3 is 10.2 Å². The normalized spacial score (nSPS) is 11.9. The molecule has 0 aliphatic rings. The number of halogens is 2. The van der Waals surface area contributed by atoms with Crippen molar-refractivity contribution in [2.75, 3.05) is 17.4 Å². The summed E-state index contributed by atoms with van der Waals surface area (Å²) in [5.74, 6) is -0.859. The number of carbonyl (C=O) groups excluding carboxylic acids is 2. The van der Waals surface area contributed by atoms with Crippen LogP contribution in [0.2, 0.25) is 5.02 Å². The SMILES string of the molecule is CCCCNC(=O)[C@H](Cc1ccccc1)N(Cc1ccccc1Cl)C(=O)CN(c1ccc(Br)cc1)S(=O)(=O)c1ccccc1. The Balaban J connectivity index is 1.78. The lowest BCUT2D eigenvalue weighted by molar-refractivity contribution is -0.140. The molecule has 1 N–H and O–H groups in total. The maximum absolute atomic E-state index is 14.4. The number of carbonyl (C=O) groups is 2. The van der Waals surface area contributed by atoms with Gasteiger partial charge in [0, 0.05) is 29.0 Å². The van der Waals surface area contributed by atoms with Gasteiger partial charge in [-0.1, -0.05) is 108 Å². The van der Waals surface area contributed by atoms with E-state index in [9.17, 15) is 18.0 Å². The van der Waals surface area contributed by atoms with E-state index in [1.807, 2.05) is 43.3 Å². The second-order valence-electron chi connectivity index (χ2n) is 10.3. The van der Waals surface area contributed by atoms with Crippen molar-refractivity contribution in [2.24, 2.45) is 0 Å². The lowest BCUT2D eigenvalue weighted by Gasteiger charge is -2.34. The van der Waals surface area contributed by atoms with Gasteiger partial charge in [-0.2, -0.15) is 0 Å². The monoisotopic (exact) mass is 695 g/mol. The Labute approximate surface area is 273 Å². The van der Waals surface area contributed by atoms with Gasteiger partial charge in [0.1, 0.15) is 12.6 Å². The third-order valence-electron chi connectivity index (χ3n) is 7.12. The molecule has 0 aromatic heterocycles. The topological polar surface area (TPSA) is 86.8 Å². The molecule has 0 heterocycles. The van der Waals surface area contributed by atoms with E-state index >= 15 is 0 Å². The first kappa shape index (κ1) is 33.2. The summed E-state index contributed by atoms with van der Waals surface area (Å²) in [6, 6.07) is 30.3. The van der Waals surface area contributed by atoms with Crippen molar-refractivity contribution in [3.8, 4) is 0 Å². The summed E-state index contributed by atoms with van der Waals surface area (Å²) in [7, 11) is -4.16. The van der Waals surface area contributed by atoms with Gasteiger partial charge in [-0.15, -0.1) is 0 Å². The third kappa shape index (κ3) is 8.71. The van der Waals surface area contributed by atoms with Crippen LogP contribution in [0.4, 0.5) is 5.69 Å². The molecule has 4 aromatic carbocycles. The summed E-state index contributed by atoms with van der Waals surface area (Å²) >= 11 is 9.94. The van der Waals surface area contributed by atoms with Crippen LogP contribution in [0.1, 0.15) is 30.9 Å². The number of benzene rings is 4. The van der Waals surface area contributed by atoms with Crippen LogP contribution in [0, 0.1) is 0 Å². The van der Waals surface area contributed by atoms with Gasteiger partial charge in [0.25, 0.3) is 10.0 Å². The molecule has 0 spiro atoms. The fraction of sp³-hybridized carbons (Fsp3) is 0.235. The van der Waals surface area contributed by atoms with Gasteiger partial charge in [0.05, 0.1) is 10.6 Å². The first-order valence-electron chi connectivity index (χ1n) is 14.4. The standard InChI is InChI=1S/C34H35BrClN3O4S/c1-2-3-22-37-34(41)32(23-26-12-6-4-7-13-26)38(24-27-14-10-11-17-31(27)36)33(40)25-39(29-20-18-28(35)19-21-29)44(42,43)30-15-8-5-9-16-30/h4-21,32H,2-3,22-25H2,1H3,(H,37,41)/t32-/m0/s1. The molecule has 4 rings (SSSR count). The molecule has 0 unspecified atom stereocenters. The van der Waals surface area contributed by atoms with Crippen LogP contribution in [0.5, 0.6) is 0 Å². The Kier molecular flexibility index (Phi) is 12.0. The quantitative estimate of drug-likeness (QED) is 0.146. The number of sulfonamides is 1. The fourth-order valence-electron chi connectivity index (χ4n) is 4.73. The number of nitrogens with zero attached hydrogens (tertiary/aromatic N) is 2. The zero-order valence-corrected chi connectivity index (χ0v) is 27.6. The molecule has 0 radical (unpaired) electrons. The van der Waals surface area contributed by atoms with Crippen LogP contribution in [-0.4, -0.2) is 44.3 Å². The Morgan fingerprint density at radius 1 is 0.864 bits per heavy atom. The molecule has 1 atom stereocenters. The average molecular weight is 697 g/mol. The smallest absolute Gasteiger partial charge is 0.264 e. The molecule has 44 heavy (non-hydrogen) atoms. The Morgan fingerprint density at radius 3 is 2.11 bits per heavy atom. The van der Waals surface area contributed by atoms with E-state index in [-0.39, 0.29) is 23.8 Å². The van der Waals surface area contributed by atoms with Crippen molar-refractivity contribution in [2.45, 2.75) is 43.7 Å². The van der Waals surface area contributed by atoms with Gasteiger partial charge >= 0.3 is 0 Å². The minimum Gasteiger partial charge on any atom is -0.354 e. The molecule has 0 saturated heterocycles. The molecule has 230 valence electrons. The highest BCUT2D eigenvalue weighted by atomic mass is 79.9. The van der Waals surface area contributed by atoms with Crippen molar-refractivity contribution < 1.29 is 18.0 Å². The van der Waals surface area contributed by atoms with E-state index in [0.717, 1.165) is 27.2 Å². The van der Waals surface area contributed by atoms with Crippen molar-refractivity contribution in [1.29, 1.82) is 0 Å². The number of nitrogens with one attached hydrogen (secondary N) is 1. The second kappa shape index (κ2) is 15.9. The van der Waals surface area contributed by atoms with E-state index in [1.165, 1.54) is 17.0 Å². The van der Waals surface area contributed by atoms with Gasteiger partial charge in [-0.25, -0.2) is 8.42 Å². The molecule has 2 amide bonds. The van der Waals surface area contributed by atoms with Gasteiger partial charge in [0.2, 0.25) is 11.8 Å². The summed E-state index contributed by atoms with van der Waals surface area (Å²) in [4.78, 5) is 29.7. The second-order valence-corrected chi connectivity index (χ2v) is 13.4. The molecule has 0 fully saturated rings. The van der Waals surface area contributed by atoms with Crippen molar-refractivity contribution in [3.05, 3.63) is 130 Å². The van der Waals surface area contributed by atoms with Crippen LogP contribution >= 0.6 is 27.5 Å². The largest absolute Gasteiger partial charge is 0.354 e. The maximum atomic E-state index is 14.4.